The predicted molar refractivity (Wildman–Crippen MR) is 70.6 cm³/mol. The molecule has 1 atom stereocenters. The van der Waals surface area contributed by atoms with Crippen LogP contribution in [0.4, 0.5) is 4.39 Å². The Morgan fingerprint density at radius 3 is 2.89 bits per heavy atom. The van der Waals surface area contributed by atoms with Crippen molar-refractivity contribution in [3.8, 4) is 6.07 Å². The van der Waals surface area contributed by atoms with Gasteiger partial charge in [-0.15, -0.1) is 0 Å². The molecule has 1 N–H and O–H groups in total. The van der Waals surface area contributed by atoms with E-state index in [0.717, 1.165) is 5.56 Å². The fourth-order valence-corrected chi connectivity index (χ4v) is 1.82. The van der Waals surface area contributed by atoms with Crippen molar-refractivity contribution in [1.82, 2.24) is 10.3 Å². The standard InChI is InChI=1S/C15H14FN3/c1-11(13-6-3-7-18-9-13)19-10-14-5-2-4-12(8-17)15(14)16/h2-7,9,11,19H,10H2,1H3/t11-/m0/s1. The first-order chi connectivity index (χ1) is 9.22. The van der Waals surface area contributed by atoms with Gasteiger partial charge < -0.3 is 5.32 Å². The van der Waals surface area contributed by atoms with E-state index in [1.165, 1.54) is 6.07 Å². The van der Waals surface area contributed by atoms with Crippen LogP contribution < -0.4 is 5.32 Å². The van der Waals surface area contributed by atoms with E-state index in [4.69, 9.17) is 5.26 Å². The highest BCUT2D eigenvalue weighted by atomic mass is 19.1. The number of benzene rings is 1. The van der Waals surface area contributed by atoms with E-state index in [0.29, 0.717) is 12.1 Å². The summed E-state index contributed by atoms with van der Waals surface area (Å²) in [5.41, 5.74) is 1.61. The molecular weight excluding hydrogens is 241 g/mol. The van der Waals surface area contributed by atoms with Gasteiger partial charge in [0.2, 0.25) is 0 Å². The number of pyridine rings is 1. The normalized spacial score (nSPS) is 11.8. The first-order valence-electron chi connectivity index (χ1n) is 6.03. The van der Waals surface area contributed by atoms with E-state index >= 15 is 0 Å². The number of halogens is 1. The van der Waals surface area contributed by atoms with Gasteiger partial charge in [0.1, 0.15) is 11.9 Å². The van der Waals surface area contributed by atoms with E-state index in [1.54, 1.807) is 24.5 Å². The van der Waals surface area contributed by atoms with E-state index in [-0.39, 0.29) is 11.6 Å². The van der Waals surface area contributed by atoms with Crippen LogP contribution in [0, 0.1) is 17.1 Å². The van der Waals surface area contributed by atoms with Crippen LogP contribution in [0.5, 0.6) is 0 Å². The molecule has 1 aromatic heterocycles. The highest BCUT2D eigenvalue weighted by Gasteiger charge is 2.09. The third-order valence-corrected chi connectivity index (χ3v) is 2.98. The molecular formula is C15H14FN3. The maximum Gasteiger partial charge on any atom is 0.145 e. The second kappa shape index (κ2) is 6.07. The van der Waals surface area contributed by atoms with Gasteiger partial charge in [0.05, 0.1) is 5.56 Å². The van der Waals surface area contributed by atoms with Gasteiger partial charge >= 0.3 is 0 Å². The Kier molecular flexibility index (Phi) is 4.22. The van der Waals surface area contributed by atoms with Crippen LogP contribution >= 0.6 is 0 Å². The largest absolute Gasteiger partial charge is 0.306 e. The van der Waals surface area contributed by atoms with Crippen LogP contribution in [0.2, 0.25) is 0 Å². The number of nitrogens with zero attached hydrogens (tertiary/aromatic N) is 2. The molecule has 0 aliphatic heterocycles. The number of nitrogens with one attached hydrogen (secondary N) is 1. The van der Waals surface area contributed by atoms with Crippen LogP contribution in [-0.4, -0.2) is 4.98 Å². The Bertz CT molecular complexity index is 590. The van der Waals surface area contributed by atoms with Gasteiger partial charge in [0.15, 0.2) is 0 Å². The monoisotopic (exact) mass is 255 g/mol. The molecule has 0 aliphatic carbocycles. The summed E-state index contributed by atoms with van der Waals surface area (Å²) in [6.07, 6.45) is 3.49. The topological polar surface area (TPSA) is 48.7 Å². The lowest BCUT2D eigenvalue weighted by Crippen LogP contribution is -2.19. The van der Waals surface area contributed by atoms with Crippen molar-refractivity contribution in [1.29, 1.82) is 5.26 Å². The molecule has 0 unspecified atom stereocenters. The van der Waals surface area contributed by atoms with Crippen LogP contribution in [0.3, 0.4) is 0 Å². The van der Waals surface area contributed by atoms with Gasteiger partial charge in [0, 0.05) is 30.5 Å². The highest BCUT2D eigenvalue weighted by Crippen LogP contribution is 2.15. The first-order valence-corrected chi connectivity index (χ1v) is 6.03. The minimum absolute atomic E-state index is 0.0684. The molecule has 0 bridgehead atoms. The van der Waals surface area contributed by atoms with Crippen LogP contribution in [0.25, 0.3) is 0 Å². The molecule has 19 heavy (non-hydrogen) atoms. The molecule has 1 aromatic carbocycles. The lowest BCUT2D eigenvalue weighted by molar-refractivity contribution is 0.542. The quantitative estimate of drug-likeness (QED) is 0.913. The molecule has 0 aliphatic rings. The minimum Gasteiger partial charge on any atom is -0.306 e. The molecule has 0 fully saturated rings. The summed E-state index contributed by atoms with van der Waals surface area (Å²) in [5, 5.41) is 12.0. The number of aromatic nitrogens is 1. The van der Waals surface area contributed by atoms with Gasteiger partial charge in [-0.05, 0) is 24.6 Å². The van der Waals surface area contributed by atoms with E-state index in [1.807, 2.05) is 25.1 Å². The van der Waals surface area contributed by atoms with Crippen molar-refractivity contribution >= 4 is 0 Å². The first kappa shape index (κ1) is 13.2. The Hall–Kier alpha value is -2.25. The fourth-order valence-electron chi connectivity index (χ4n) is 1.82. The average molecular weight is 255 g/mol. The van der Waals surface area contributed by atoms with Crippen molar-refractivity contribution in [2.45, 2.75) is 19.5 Å². The molecule has 0 radical (unpaired) electrons. The Morgan fingerprint density at radius 1 is 1.37 bits per heavy atom. The zero-order valence-corrected chi connectivity index (χ0v) is 10.6. The van der Waals surface area contributed by atoms with Gasteiger partial charge in [-0.1, -0.05) is 18.2 Å². The molecule has 96 valence electrons. The zero-order valence-electron chi connectivity index (χ0n) is 10.6. The number of hydrogen-bond acceptors (Lipinski definition) is 3. The maximum atomic E-state index is 13.9. The van der Waals surface area contributed by atoms with Crippen LogP contribution in [0.15, 0.2) is 42.7 Å². The van der Waals surface area contributed by atoms with Gasteiger partial charge in [-0.2, -0.15) is 5.26 Å². The summed E-state index contributed by atoms with van der Waals surface area (Å²) in [6, 6.07) is 10.6. The third-order valence-electron chi connectivity index (χ3n) is 2.98. The lowest BCUT2D eigenvalue weighted by atomic mass is 10.1. The second-order valence-electron chi connectivity index (χ2n) is 4.28. The second-order valence-corrected chi connectivity index (χ2v) is 4.28. The molecule has 0 saturated carbocycles. The maximum absolute atomic E-state index is 13.9. The van der Waals surface area contributed by atoms with Crippen molar-refractivity contribution in [3.63, 3.8) is 0 Å². The zero-order chi connectivity index (χ0) is 13.7. The van der Waals surface area contributed by atoms with E-state index in [2.05, 4.69) is 10.3 Å². The SMILES string of the molecule is C[C@H](NCc1cccc(C#N)c1F)c1cccnc1. The summed E-state index contributed by atoms with van der Waals surface area (Å²) in [7, 11) is 0. The van der Waals surface area contributed by atoms with Gasteiger partial charge in [-0.25, -0.2) is 4.39 Å². The molecule has 1 heterocycles. The molecule has 0 saturated heterocycles. The highest BCUT2D eigenvalue weighted by molar-refractivity contribution is 5.35. The Morgan fingerprint density at radius 2 is 2.21 bits per heavy atom. The smallest absolute Gasteiger partial charge is 0.145 e. The van der Waals surface area contributed by atoms with Gasteiger partial charge in [-0.3, -0.25) is 4.98 Å². The number of rotatable bonds is 4. The van der Waals surface area contributed by atoms with E-state index in [9.17, 15) is 4.39 Å². The average Bonchev–Trinajstić information content (AvgIpc) is 2.47. The summed E-state index contributed by atoms with van der Waals surface area (Å²) in [6.45, 7) is 2.36. The molecule has 0 spiro atoms. The third kappa shape index (κ3) is 3.15. The summed E-state index contributed by atoms with van der Waals surface area (Å²) >= 11 is 0. The Balaban J connectivity index is 2.06. The van der Waals surface area contributed by atoms with Crippen LogP contribution in [0.1, 0.15) is 29.7 Å². The van der Waals surface area contributed by atoms with Crippen LogP contribution in [-0.2, 0) is 6.54 Å². The number of hydrogen-bond donors (Lipinski definition) is 1. The number of nitriles is 1. The van der Waals surface area contributed by atoms with Crippen molar-refractivity contribution in [2.75, 3.05) is 0 Å². The Labute approximate surface area is 111 Å². The minimum atomic E-state index is -0.448. The summed E-state index contributed by atoms with van der Waals surface area (Å²) in [5.74, 6) is -0.448. The summed E-state index contributed by atoms with van der Waals surface area (Å²) in [4.78, 5) is 4.05. The lowest BCUT2D eigenvalue weighted by Gasteiger charge is -2.14. The van der Waals surface area contributed by atoms with Crippen molar-refractivity contribution in [3.05, 3.63) is 65.2 Å². The molecule has 0 amide bonds. The van der Waals surface area contributed by atoms with Gasteiger partial charge in [0.25, 0.3) is 0 Å². The molecule has 3 nitrogen and oxygen atoms in total. The fraction of sp³-hybridized carbons (Fsp3) is 0.200. The molecule has 2 aromatic rings. The predicted octanol–water partition coefficient (Wildman–Crippen LogP) is 2.94. The summed E-state index contributed by atoms with van der Waals surface area (Å²) < 4.78 is 13.9. The van der Waals surface area contributed by atoms with E-state index < -0.39 is 5.82 Å². The van der Waals surface area contributed by atoms with Crippen molar-refractivity contribution < 1.29 is 4.39 Å². The molecule has 2 rings (SSSR count). The molecule has 4 heteroatoms. The van der Waals surface area contributed by atoms with Crippen molar-refractivity contribution in [2.24, 2.45) is 0 Å².